The van der Waals surface area contributed by atoms with Gasteiger partial charge in [0, 0.05) is 12.2 Å². The van der Waals surface area contributed by atoms with Crippen molar-refractivity contribution >= 4 is 5.91 Å². The van der Waals surface area contributed by atoms with Crippen LogP contribution in [0.15, 0.2) is 6.07 Å². The summed E-state index contributed by atoms with van der Waals surface area (Å²) < 4.78 is 6.71. The van der Waals surface area contributed by atoms with Crippen LogP contribution in [0.25, 0.3) is 0 Å². The van der Waals surface area contributed by atoms with Crippen molar-refractivity contribution in [1.82, 2.24) is 15.1 Å². The van der Waals surface area contributed by atoms with E-state index in [9.17, 15) is 4.79 Å². The molecule has 0 spiro atoms. The molecule has 1 aliphatic rings. The maximum atomic E-state index is 11.5. The standard InChI is InChI=1S/C10H15N3O2/c1-7-3-8(2)13(12-7)5-10(14)11-4-9-6-15-9/h3,9H,4-6H2,1-2H3,(H,11,14). The number of ether oxygens (including phenoxy) is 1. The van der Waals surface area contributed by atoms with Crippen LogP contribution in [0.5, 0.6) is 0 Å². The zero-order valence-corrected chi connectivity index (χ0v) is 8.99. The van der Waals surface area contributed by atoms with Crippen molar-refractivity contribution in [2.75, 3.05) is 13.2 Å². The molecule has 2 heterocycles. The maximum Gasteiger partial charge on any atom is 0.241 e. The first-order valence-corrected chi connectivity index (χ1v) is 5.04. The Morgan fingerprint density at radius 3 is 3.00 bits per heavy atom. The molecule has 1 aromatic heterocycles. The van der Waals surface area contributed by atoms with Crippen molar-refractivity contribution in [3.63, 3.8) is 0 Å². The fourth-order valence-corrected chi connectivity index (χ4v) is 1.44. The summed E-state index contributed by atoms with van der Waals surface area (Å²) in [6, 6.07) is 1.96. The molecule has 5 heteroatoms. The largest absolute Gasteiger partial charge is 0.371 e. The normalized spacial score (nSPS) is 18.9. The van der Waals surface area contributed by atoms with Crippen molar-refractivity contribution in [2.24, 2.45) is 0 Å². The van der Waals surface area contributed by atoms with E-state index in [1.807, 2.05) is 19.9 Å². The first-order chi connectivity index (χ1) is 7.15. The van der Waals surface area contributed by atoms with Gasteiger partial charge in [0.05, 0.1) is 18.4 Å². The van der Waals surface area contributed by atoms with Crippen molar-refractivity contribution < 1.29 is 9.53 Å². The zero-order valence-electron chi connectivity index (χ0n) is 8.99. The summed E-state index contributed by atoms with van der Waals surface area (Å²) in [6.07, 6.45) is 0.231. The third-order valence-electron chi connectivity index (χ3n) is 2.33. The lowest BCUT2D eigenvalue weighted by atomic mass is 10.4. The molecular formula is C10H15N3O2. The molecule has 1 atom stereocenters. The van der Waals surface area contributed by atoms with Gasteiger partial charge in [0.15, 0.2) is 0 Å². The number of aryl methyl sites for hydroxylation is 2. The molecule has 5 nitrogen and oxygen atoms in total. The molecule has 1 aromatic rings. The predicted octanol–water partition coefficient (Wildman–Crippen LogP) is 0.0149. The van der Waals surface area contributed by atoms with Crippen LogP contribution >= 0.6 is 0 Å². The summed E-state index contributed by atoms with van der Waals surface area (Å²) in [7, 11) is 0. The second kappa shape index (κ2) is 4.02. The van der Waals surface area contributed by atoms with Gasteiger partial charge in [-0.2, -0.15) is 5.10 Å². The Balaban J connectivity index is 1.84. The third-order valence-corrected chi connectivity index (χ3v) is 2.33. The molecular weight excluding hydrogens is 194 g/mol. The van der Waals surface area contributed by atoms with Crippen molar-refractivity contribution in [3.8, 4) is 0 Å². The van der Waals surface area contributed by atoms with Gasteiger partial charge in [-0.15, -0.1) is 0 Å². The highest BCUT2D eigenvalue weighted by molar-refractivity contribution is 5.75. The van der Waals surface area contributed by atoms with E-state index in [1.54, 1.807) is 4.68 Å². The number of nitrogens with zero attached hydrogens (tertiary/aromatic N) is 2. The highest BCUT2D eigenvalue weighted by atomic mass is 16.6. The molecule has 0 radical (unpaired) electrons. The van der Waals surface area contributed by atoms with E-state index in [0.29, 0.717) is 6.54 Å². The van der Waals surface area contributed by atoms with E-state index in [2.05, 4.69) is 10.4 Å². The second-order valence-corrected chi connectivity index (χ2v) is 3.84. The van der Waals surface area contributed by atoms with Crippen LogP contribution in [-0.4, -0.2) is 34.9 Å². The van der Waals surface area contributed by atoms with E-state index in [-0.39, 0.29) is 18.6 Å². The number of aromatic nitrogens is 2. The van der Waals surface area contributed by atoms with E-state index in [1.165, 1.54) is 0 Å². The Hall–Kier alpha value is -1.36. The first kappa shape index (κ1) is 10.2. The van der Waals surface area contributed by atoms with Crippen molar-refractivity contribution in [2.45, 2.75) is 26.5 Å². The SMILES string of the molecule is Cc1cc(C)n(CC(=O)NCC2CO2)n1. The Morgan fingerprint density at radius 2 is 2.47 bits per heavy atom. The second-order valence-electron chi connectivity index (χ2n) is 3.84. The van der Waals surface area contributed by atoms with Gasteiger partial charge >= 0.3 is 0 Å². The van der Waals surface area contributed by atoms with E-state index in [4.69, 9.17) is 4.74 Å². The molecule has 0 aliphatic carbocycles. The Kier molecular flexibility index (Phi) is 2.73. The predicted molar refractivity (Wildman–Crippen MR) is 54.5 cm³/mol. The van der Waals surface area contributed by atoms with Gasteiger partial charge < -0.3 is 10.1 Å². The summed E-state index contributed by atoms with van der Waals surface area (Å²) in [5.41, 5.74) is 1.94. The Morgan fingerprint density at radius 1 is 1.73 bits per heavy atom. The van der Waals surface area contributed by atoms with Crippen LogP contribution in [0.1, 0.15) is 11.4 Å². The molecule has 1 amide bonds. The minimum absolute atomic E-state index is 0.0169. The average molecular weight is 209 g/mol. The molecule has 0 bridgehead atoms. The number of carbonyl (C=O) groups is 1. The number of nitrogens with one attached hydrogen (secondary N) is 1. The highest BCUT2D eigenvalue weighted by Crippen LogP contribution is 2.06. The molecule has 15 heavy (non-hydrogen) atoms. The quantitative estimate of drug-likeness (QED) is 0.711. The Labute approximate surface area is 88.4 Å². The minimum Gasteiger partial charge on any atom is -0.371 e. The lowest BCUT2D eigenvalue weighted by Crippen LogP contribution is -2.31. The number of amides is 1. The maximum absolute atomic E-state index is 11.5. The molecule has 82 valence electrons. The minimum atomic E-state index is -0.0169. The fourth-order valence-electron chi connectivity index (χ4n) is 1.44. The van der Waals surface area contributed by atoms with Gasteiger partial charge in [-0.3, -0.25) is 9.48 Å². The molecule has 1 fully saturated rings. The van der Waals surface area contributed by atoms with Crippen LogP contribution in [0.4, 0.5) is 0 Å². The zero-order chi connectivity index (χ0) is 10.8. The van der Waals surface area contributed by atoms with Gasteiger partial charge in [-0.25, -0.2) is 0 Å². The lowest BCUT2D eigenvalue weighted by molar-refractivity contribution is -0.121. The molecule has 1 N–H and O–H groups in total. The summed E-state index contributed by atoms with van der Waals surface area (Å²) in [4.78, 5) is 11.5. The topological polar surface area (TPSA) is 59.5 Å². The highest BCUT2D eigenvalue weighted by Gasteiger charge is 2.22. The number of rotatable bonds is 4. The molecule has 1 unspecified atom stereocenters. The van der Waals surface area contributed by atoms with Crippen LogP contribution in [0, 0.1) is 13.8 Å². The number of epoxide rings is 1. The van der Waals surface area contributed by atoms with Crippen LogP contribution in [0.3, 0.4) is 0 Å². The lowest BCUT2D eigenvalue weighted by Gasteiger charge is -2.04. The van der Waals surface area contributed by atoms with Gasteiger partial charge in [0.1, 0.15) is 6.54 Å². The summed E-state index contributed by atoms with van der Waals surface area (Å²) in [5, 5.41) is 7.02. The van der Waals surface area contributed by atoms with E-state index < -0.39 is 0 Å². The Bertz CT molecular complexity index is 369. The van der Waals surface area contributed by atoms with Crippen LogP contribution in [0.2, 0.25) is 0 Å². The van der Waals surface area contributed by atoms with Gasteiger partial charge in [-0.05, 0) is 19.9 Å². The van der Waals surface area contributed by atoms with Crippen molar-refractivity contribution in [1.29, 1.82) is 0 Å². The van der Waals surface area contributed by atoms with Gasteiger partial charge in [-0.1, -0.05) is 0 Å². The van der Waals surface area contributed by atoms with E-state index >= 15 is 0 Å². The van der Waals surface area contributed by atoms with E-state index in [0.717, 1.165) is 18.0 Å². The summed E-state index contributed by atoms with van der Waals surface area (Å²) >= 11 is 0. The molecule has 0 saturated carbocycles. The van der Waals surface area contributed by atoms with Gasteiger partial charge in [0.25, 0.3) is 0 Å². The number of hydrogen-bond acceptors (Lipinski definition) is 3. The summed E-state index contributed by atoms with van der Waals surface area (Å²) in [6.45, 7) is 5.52. The van der Waals surface area contributed by atoms with Crippen molar-refractivity contribution in [3.05, 3.63) is 17.5 Å². The molecule has 2 rings (SSSR count). The fraction of sp³-hybridized carbons (Fsp3) is 0.600. The average Bonchev–Trinajstić information content (AvgIpc) is 2.92. The smallest absolute Gasteiger partial charge is 0.241 e. The van der Waals surface area contributed by atoms with Crippen LogP contribution < -0.4 is 5.32 Å². The monoisotopic (exact) mass is 209 g/mol. The molecule has 1 aliphatic heterocycles. The van der Waals surface area contributed by atoms with Gasteiger partial charge in [0.2, 0.25) is 5.91 Å². The number of hydrogen-bond donors (Lipinski definition) is 1. The molecule has 1 saturated heterocycles. The number of carbonyl (C=O) groups excluding carboxylic acids is 1. The first-order valence-electron chi connectivity index (χ1n) is 5.04. The molecule has 0 aromatic carbocycles. The summed E-state index contributed by atoms with van der Waals surface area (Å²) in [5.74, 6) is -0.0169. The van der Waals surface area contributed by atoms with Crippen LogP contribution in [-0.2, 0) is 16.1 Å². The third kappa shape index (κ3) is 2.79.